The van der Waals surface area contributed by atoms with Gasteiger partial charge in [0, 0.05) is 6.92 Å². The summed E-state index contributed by atoms with van der Waals surface area (Å²) in [5, 5.41) is 0. The van der Waals surface area contributed by atoms with Crippen LogP contribution in [0.5, 0.6) is 0 Å². The largest absolute Gasteiger partial charge is 0.462 e. The van der Waals surface area contributed by atoms with Crippen molar-refractivity contribution in [2.24, 2.45) is 34.5 Å². The highest BCUT2D eigenvalue weighted by Crippen LogP contribution is 2.72. The molecular formula is C17H28O2. The van der Waals surface area contributed by atoms with E-state index in [2.05, 4.69) is 27.7 Å². The third-order valence-electron chi connectivity index (χ3n) is 7.14. The zero-order chi connectivity index (χ0) is 14.0. The van der Waals surface area contributed by atoms with Crippen LogP contribution in [-0.4, -0.2) is 12.1 Å². The van der Waals surface area contributed by atoms with Crippen LogP contribution in [0.25, 0.3) is 0 Å². The Bertz CT molecular complexity index is 400. The Labute approximate surface area is 117 Å². The molecule has 3 saturated carbocycles. The Morgan fingerprint density at radius 2 is 1.84 bits per heavy atom. The predicted octanol–water partition coefficient (Wildman–Crippen LogP) is 4.04. The van der Waals surface area contributed by atoms with Gasteiger partial charge in [0.25, 0.3) is 0 Å². The molecule has 3 aliphatic carbocycles. The average Bonchev–Trinajstić information content (AvgIpc) is 2.70. The Balaban J connectivity index is 1.97. The van der Waals surface area contributed by atoms with Gasteiger partial charge in [-0.15, -0.1) is 0 Å². The van der Waals surface area contributed by atoms with E-state index in [9.17, 15) is 4.79 Å². The fourth-order valence-electron chi connectivity index (χ4n) is 6.19. The number of carbonyl (C=O) groups excluding carboxylic acids is 1. The fraction of sp³-hybridized carbons (Fsp3) is 0.941. The van der Waals surface area contributed by atoms with Crippen LogP contribution in [0, 0.1) is 34.5 Å². The number of rotatable bonds is 1. The molecule has 108 valence electrons. The normalized spacial score (nSPS) is 50.9. The lowest BCUT2D eigenvalue weighted by Gasteiger charge is -2.43. The van der Waals surface area contributed by atoms with Crippen molar-refractivity contribution in [3.05, 3.63) is 0 Å². The Kier molecular flexibility index (Phi) is 2.82. The monoisotopic (exact) mass is 264 g/mol. The van der Waals surface area contributed by atoms with Crippen LogP contribution in [0.15, 0.2) is 0 Å². The van der Waals surface area contributed by atoms with Gasteiger partial charge >= 0.3 is 5.97 Å². The van der Waals surface area contributed by atoms with Gasteiger partial charge in [-0.3, -0.25) is 4.79 Å². The van der Waals surface area contributed by atoms with Gasteiger partial charge in [-0.05, 0) is 60.2 Å². The van der Waals surface area contributed by atoms with E-state index in [0.29, 0.717) is 16.7 Å². The first-order valence-electron chi connectivity index (χ1n) is 7.96. The van der Waals surface area contributed by atoms with Crippen molar-refractivity contribution in [2.45, 2.75) is 66.4 Å². The number of hydrogen-bond donors (Lipinski definition) is 0. The summed E-state index contributed by atoms with van der Waals surface area (Å²) in [5.74, 6) is 2.77. The van der Waals surface area contributed by atoms with Crippen molar-refractivity contribution in [3.8, 4) is 0 Å². The number of fused-ring (bicyclic) bond motifs is 1. The molecule has 0 N–H and O–H groups in total. The molecule has 0 aromatic heterocycles. The van der Waals surface area contributed by atoms with Crippen LogP contribution < -0.4 is 0 Å². The van der Waals surface area contributed by atoms with E-state index in [1.807, 2.05) is 0 Å². The first-order chi connectivity index (χ1) is 8.79. The standard InChI is InChI=1S/C17H28O2/c1-10-6-7-15-16(4,5)13-8-17(10,15)9-14(11(13)2)19-12(3)18/h10-11,13-15H,6-9H2,1-5H3. The van der Waals surface area contributed by atoms with Gasteiger partial charge in [0.15, 0.2) is 0 Å². The van der Waals surface area contributed by atoms with Crippen molar-refractivity contribution in [3.63, 3.8) is 0 Å². The molecule has 0 aromatic carbocycles. The van der Waals surface area contributed by atoms with Gasteiger partial charge in [0.05, 0.1) is 0 Å². The summed E-state index contributed by atoms with van der Waals surface area (Å²) in [5.41, 5.74) is 0.875. The van der Waals surface area contributed by atoms with E-state index in [0.717, 1.165) is 24.2 Å². The minimum atomic E-state index is -0.102. The molecule has 2 bridgehead atoms. The molecule has 6 atom stereocenters. The lowest BCUT2D eigenvalue weighted by molar-refractivity contribution is -0.155. The molecule has 0 amide bonds. The third kappa shape index (κ3) is 1.64. The van der Waals surface area contributed by atoms with Crippen molar-refractivity contribution < 1.29 is 9.53 Å². The quantitative estimate of drug-likeness (QED) is 0.668. The molecule has 0 heterocycles. The van der Waals surface area contributed by atoms with Gasteiger partial charge in [-0.2, -0.15) is 0 Å². The summed E-state index contributed by atoms with van der Waals surface area (Å²) in [4.78, 5) is 11.4. The maximum absolute atomic E-state index is 11.4. The second-order valence-electron chi connectivity index (χ2n) is 8.11. The molecule has 1 spiro atoms. The van der Waals surface area contributed by atoms with Crippen molar-refractivity contribution in [1.82, 2.24) is 0 Å². The minimum absolute atomic E-state index is 0.102. The number of esters is 1. The lowest BCUT2D eigenvalue weighted by atomic mass is 9.64. The molecule has 3 aliphatic rings. The van der Waals surface area contributed by atoms with Crippen LogP contribution >= 0.6 is 0 Å². The van der Waals surface area contributed by atoms with Gasteiger partial charge in [0.1, 0.15) is 6.10 Å². The second-order valence-corrected chi connectivity index (χ2v) is 8.11. The summed E-state index contributed by atoms with van der Waals surface area (Å²) in [6.07, 6.45) is 5.37. The maximum atomic E-state index is 11.4. The molecule has 0 aliphatic heterocycles. The van der Waals surface area contributed by atoms with E-state index in [-0.39, 0.29) is 12.1 Å². The van der Waals surface area contributed by atoms with Crippen LogP contribution in [0.3, 0.4) is 0 Å². The molecule has 2 nitrogen and oxygen atoms in total. The van der Waals surface area contributed by atoms with E-state index in [4.69, 9.17) is 4.74 Å². The topological polar surface area (TPSA) is 26.3 Å². The first-order valence-corrected chi connectivity index (χ1v) is 7.96. The minimum Gasteiger partial charge on any atom is -0.462 e. The lowest BCUT2D eigenvalue weighted by Crippen LogP contribution is -2.41. The van der Waals surface area contributed by atoms with E-state index in [1.165, 1.54) is 19.3 Å². The van der Waals surface area contributed by atoms with Crippen LogP contribution in [0.2, 0.25) is 0 Å². The number of hydrogen-bond acceptors (Lipinski definition) is 2. The maximum Gasteiger partial charge on any atom is 0.302 e. The molecule has 3 fully saturated rings. The molecule has 0 radical (unpaired) electrons. The van der Waals surface area contributed by atoms with Crippen LogP contribution in [-0.2, 0) is 9.53 Å². The zero-order valence-electron chi connectivity index (χ0n) is 13.0. The van der Waals surface area contributed by atoms with E-state index in [1.54, 1.807) is 6.92 Å². The number of ether oxygens (including phenoxy) is 1. The van der Waals surface area contributed by atoms with Gasteiger partial charge in [-0.25, -0.2) is 0 Å². The Hall–Kier alpha value is -0.530. The highest BCUT2D eigenvalue weighted by Gasteiger charge is 2.67. The summed E-state index contributed by atoms with van der Waals surface area (Å²) < 4.78 is 5.69. The molecule has 19 heavy (non-hydrogen) atoms. The van der Waals surface area contributed by atoms with Gasteiger partial charge < -0.3 is 4.74 Å². The van der Waals surface area contributed by atoms with Gasteiger partial charge in [-0.1, -0.05) is 27.7 Å². The molecule has 0 saturated heterocycles. The summed E-state index contributed by atoms with van der Waals surface area (Å²) in [6, 6.07) is 0. The molecule has 2 heteroatoms. The van der Waals surface area contributed by atoms with Crippen LogP contribution in [0.4, 0.5) is 0 Å². The summed E-state index contributed by atoms with van der Waals surface area (Å²) >= 11 is 0. The molecule has 6 unspecified atom stereocenters. The SMILES string of the molecule is CC(=O)OC1CC23CC(C1C)C(C)(C)C2CCC3C. The van der Waals surface area contributed by atoms with Crippen molar-refractivity contribution in [2.75, 3.05) is 0 Å². The molecular weight excluding hydrogens is 236 g/mol. The zero-order valence-corrected chi connectivity index (χ0v) is 13.0. The molecule has 3 rings (SSSR count). The molecule has 0 aromatic rings. The summed E-state index contributed by atoms with van der Waals surface area (Å²) in [7, 11) is 0. The van der Waals surface area contributed by atoms with E-state index >= 15 is 0 Å². The smallest absolute Gasteiger partial charge is 0.302 e. The fourth-order valence-corrected chi connectivity index (χ4v) is 6.19. The third-order valence-corrected chi connectivity index (χ3v) is 7.14. The highest BCUT2D eigenvalue weighted by molar-refractivity contribution is 5.66. The number of carbonyl (C=O) groups is 1. The predicted molar refractivity (Wildman–Crippen MR) is 75.5 cm³/mol. The van der Waals surface area contributed by atoms with Crippen molar-refractivity contribution in [1.29, 1.82) is 0 Å². The summed E-state index contributed by atoms with van der Waals surface area (Å²) in [6.45, 7) is 11.2. The second kappa shape index (κ2) is 3.99. The van der Waals surface area contributed by atoms with Crippen molar-refractivity contribution >= 4 is 5.97 Å². The van der Waals surface area contributed by atoms with E-state index < -0.39 is 0 Å². The Morgan fingerprint density at radius 3 is 2.47 bits per heavy atom. The Morgan fingerprint density at radius 1 is 1.16 bits per heavy atom. The van der Waals surface area contributed by atoms with Crippen LogP contribution in [0.1, 0.15) is 60.3 Å². The average molecular weight is 264 g/mol. The first kappa shape index (κ1) is 13.5. The van der Waals surface area contributed by atoms with Gasteiger partial charge in [0.2, 0.25) is 0 Å². The highest BCUT2D eigenvalue weighted by atomic mass is 16.5.